The lowest BCUT2D eigenvalue weighted by Gasteiger charge is -2.17. The second kappa shape index (κ2) is 10.5. The number of aryl methyl sites for hydroxylation is 1. The van der Waals surface area contributed by atoms with Crippen LogP contribution in [0.2, 0.25) is 0 Å². The van der Waals surface area contributed by atoms with E-state index in [9.17, 15) is 19.7 Å². The van der Waals surface area contributed by atoms with Crippen LogP contribution in [0.25, 0.3) is 11.2 Å². The summed E-state index contributed by atoms with van der Waals surface area (Å²) in [6.07, 6.45) is -15.0. The molecule has 10 nitrogen and oxygen atoms in total. The van der Waals surface area contributed by atoms with Gasteiger partial charge in [-0.2, -0.15) is 0 Å². The van der Waals surface area contributed by atoms with Gasteiger partial charge < -0.3 is 25.4 Å². The molecular weight excluding hydrogens is 487 g/mol. The summed E-state index contributed by atoms with van der Waals surface area (Å²) in [5.41, 5.74) is -1.55. The second-order valence-corrected chi connectivity index (χ2v) is 9.03. The van der Waals surface area contributed by atoms with Gasteiger partial charge in [0.25, 0.3) is 0 Å². The average molecular weight is 529 g/mol. The van der Waals surface area contributed by atoms with Gasteiger partial charge in [0.15, 0.2) is 22.1 Å². The molecule has 194 valence electrons. The van der Waals surface area contributed by atoms with Gasteiger partial charge in [0, 0.05) is 29.5 Å². The lowest BCUT2D eigenvalue weighted by Crippen LogP contribution is -2.33. The Kier molecular flexibility index (Phi) is 4.62. The minimum absolute atomic E-state index is 0.00333. The first-order valence-corrected chi connectivity index (χ1v) is 11.9. The highest BCUT2D eigenvalue weighted by Gasteiger charge is 2.45. The minimum Gasteiger partial charge on any atom is -0.394 e. The van der Waals surface area contributed by atoms with Crippen LogP contribution < -0.4 is 5.32 Å². The van der Waals surface area contributed by atoms with Crippen molar-refractivity contribution in [2.45, 2.75) is 74.4 Å². The Balaban J connectivity index is 1.64. The molecule has 0 bridgehead atoms. The number of nitrogens with one attached hydrogen (secondary N) is 1. The fourth-order valence-corrected chi connectivity index (χ4v) is 4.32. The smallest absolute Gasteiger partial charge is 0.191 e. The Morgan fingerprint density at radius 1 is 1.36 bits per heavy atom. The lowest BCUT2D eigenvalue weighted by atomic mass is 10.1. The third kappa shape index (κ3) is 4.92. The van der Waals surface area contributed by atoms with Crippen LogP contribution in [-0.2, 0) is 4.74 Å². The molecule has 2 saturated carbocycles. The topological polar surface area (TPSA) is 138 Å². The molecule has 0 amide bonds. The largest absolute Gasteiger partial charge is 0.394 e. The summed E-state index contributed by atoms with van der Waals surface area (Å²) in [7, 11) is 0. The minimum atomic E-state index is -4.01. The normalized spacial score (nSPS) is 42.1. The highest BCUT2D eigenvalue weighted by atomic mass is 32.2. The monoisotopic (exact) mass is 528 g/mol. The molecule has 4 N–H and O–H groups in total. The van der Waals surface area contributed by atoms with Crippen molar-refractivity contribution in [1.29, 1.82) is 0 Å². The summed E-state index contributed by atoms with van der Waals surface area (Å²) < 4.78 is 102. The molecule has 0 radical (unpaired) electrons. The Bertz CT molecular complexity index is 1680. The molecule has 3 aromatic rings. The van der Waals surface area contributed by atoms with Crippen molar-refractivity contribution in [3.05, 3.63) is 35.1 Å². The summed E-state index contributed by atoms with van der Waals surface area (Å²) >= 11 is 0.558. The number of halogens is 1. The number of rotatable bonds is 10. The van der Waals surface area contributed by atoms with Crippen LogP contribution in [0.15, 0.2) is 23.4 Å². The maximum atomic E-state index is 14.2. The molecule has 36 heavy (non-hydrogen) atoms. The molecule has 1 aromatic carbocycles. The molecule has 0 spiro atoms. The van der Waals surface area contributed by atoms with E-state index in [0.717, 1.165) is 0 Å². The highest BCUT2D eigenvalue weighted by molar-refractivity contribution is 7.99. The predicted molar refractivity (Wildman–Crippen MR) is 133 cm³/mol. The number of anilines is 1. The fourth-order valence-electron chi connectivity index (χ4n) is 3.77. The maximum Gasteiger partial charge on any atom is 0.191 e. The van der Waals surface area contributed by atoms with Gasteiger partial charge in [-0.05, 0) is 37.0 Å². The summed E-state index contributed by atoms with van der Waals surface area (Å²) in [6.45, 7) is -1.49. The predicted octanol–water partition coefficient (Wildman–Crippen LogP) is 2.18. The van der Waals surface area contributed by atoms with Gasteiger partial charge in [0.2, 0.25) is 0 Å². The van der Waals surface area contributed by atoms with Crippen molar-refractivity contribution in [3.8, 4) is 0 Å². The molecule has 2 aliphatic carbocycles. The Morgan fingerprint density at radius 3 is 2.94 bits per heavy atom. The first kappa shape index (κ1) is 15.8. The number of aliphatic hydroxyl groups is 3. The number of hydrogen-bond acceptors (Lipinski definition) is 10. The molecule has 2 fully saturated rings. The summed E-state index contributed by atoms with van der Waals surface area (Å²) in [4.78, 5) is 8.54. The zero-order valence-electron chi connectivity index (χ0n) is 29.3. The van der Waals surface area contributed by atoms with E-state index in [1.54, 1.807) is 26.0 Å². The molecule has 12 heteroatoms. The maximum absolute atomic E-state index is 14.2. The van der Waals surface area contributed by atoms with Gasteiger partial charge in [-0.15, -0.1) is 5.10 Å². The van der Waals surface area contributed by atoms with E-state index in [2.05, 4.69) is 25.6 Å². The molecule has 0 unspecified atom stereocenters. The van der Waals surface area contributed by atoms with Crippen molar-refractivity contribution < 1.29 is 38.2 Å². The molecule has 0 aliphatic heterocycles. The number of aromatic nitrogens is 5. The van der Waals surface area contributed by atoms with Gasteiger partial charge in [-0.25, -0.2) is 19.0 Å². The van der Waals surface area contributed by atoms with E-state index in [4.69, 9.17) is 18.4 Å². The van der Waals surface area contributed by atoms with Gasteiger partial charge in [-0.1, -0.05) is 36.0 Å². The van der Waals surface area contributed by atoms with Crippen molar-refractivity contribution >= 4 is 28.7 Å². The number of nitrogens with zero attached hydrogens (tertiary/aromatic N) is 5. The average Bonchev–Trinajstić information content (AvgIpc) is 3.56. The standard InChI is InChI=1S/C24H31FN6O4S/c1-3-8-36-24-27-22(26-16-10-14(16)13-5-4-12(2)15(25)9-13)19-23(28-24)31(30-29-19)17-11-18(35-7-6-32)21(34)20(17)33/h4-5,9,14,16-18,20-21,32-34H,3,6-8,10-11H2,1-2H3,(H,26,27,28)/t14-,16+,17+,18-,20-,21+/m0/s1/i6D2,8D2,11D2,17D,18D,20D,21D. The van der Waals surface area contributed by atoms with E-state index in [1.165, 1.54) is 6.07 Å². The number of hydrogen-bond donors (Lipinski definition) is 4. The fraction of sp³-hybridized carbons (Fsp3) is 0.583. The zero-order chi connectivity index (χ0) is 34.5. The van der Waals surface area contributed by atoms with E-state index < -0.39 is 55.1 Å². The molecule has 5 rings (SSSR count). The van der Waals surface area contributed by atoms with Crippen molar-refractivity contribution in [2.75, 3.05) is 24.2 Å². The summed E-state index contributed by atoms with van der Waals surface area (Å²) in [5, 5.41) is 42.1. The van der Waals surface area contributed by atoms with Gasteiger partial charge >= 0.3 is 0 Å². The molecule has 6 atom stereocenters. The third-order valence-electron chi connectivity index (χ3n) is 5.71. The van der Waals surface area contributed by atoms with Crippen LogP contribution >= 0.6 is 11.8 Å². The van der Waals surface area contributed by atoms with Crippen molar-refractivity contribution in [2.24, 2.45) is 0 Å². The SMILES string of the molecule is [2H]C([2H])(O)CO[C@@]1([2H])C([2H])([2H])[C@@]([2H])(n2nnc3c(N[C@@H]4C[C@H]4c4ccc(C)c(F)c4)nc(SC([2H])([2H])CC)nc32)[C@]([2H])(O)[C@]1([2H])O. The number of thioether (sulfide) groups is 1. The lowest BCUT2D eigenvalue weighted by molar-refractivity contribution is -0.0629. The third-order valence-corrected chi connectivity index (χ3v) is 6.51. The van der Waals surface area contributed by atoms with Crippen LogP contribution in [0.3, 0.4) is 0 Å². The van der Waals surface area contributed by atoms with E-state index in [-0.39, 0.29) is 45.4 Å². The van der Waals surface area contributed by atoms with Crippen LogP contribution in [0, 0.1) is 12.7 Å². The molecule has 0 saturated heterocycles. The second-order valence-electron chi connectivity index (χ2n) is 8.18. The number of benzene rings is 1. The molecule has 2 aliphatic rings. The van der Waals surface area contributed by atoms with Crippen LogP contribution in [0.5, 0.6) is 0 Å². The Hall–Kier alpha value is -2.38. The Morgan fingerprint density at radius 2 is 2.19 bits per heavy atom. The van der Waals surface area contributed by atoms with Crippen LogP contribution in [-0.4, -0.2) is 83.4 Å². The van der Waals surface area contributed by atoms with Gasteiger partial charge in [0.1, 0.15) is 18.0 Å². The highest BCUT2D eigenvalue weighted by Crippen LogP contribution is 2.44. The number of fused-ring (bicyclic) bond motifs is 1. The Labute approximate surface area is 226 Å². The first-order valence-electron chi connectivity index (χ1n) is 16.1. The molecular formula is C24H31FN6O4S. The number of ether oxygens (including phenoxy) is 1. The van der Waals surface area contributed by atoms with E-state index in [0.29, 0.717) is 29.3 Å². The summed E-state index contributed by atoms with van der Waals surface area (Å²) in [6, 6.07) is 0.829. The van der Waals surface area contributed by atoms with Crippen molar-refractivity contribution in [1.82, 2.24) is 25.0 Å². The van der Waals surface area contributed by atoms with Crippen LogP contribution in [0.4, 0.5) is 10.2 Å². The first-order chi connectivity index (χ1) is 20.9. The molecule has 2 heterocycles. The van der Waals surface area contributed by atoms with E-state index in [1.807, 2.05) is 0 Å². The van der Waals surface area contributed by atoms with E-state index >= 15 is 0 Å². The van der Waals surface area contributed by atoms with Gasteiger partial charge in [-0.3, -0.25) is 0 Å². The van der Waals surface area contributed by atoms with Gasteiger partial charge in [0.05, 0.1) is 33.5 Å². The zero-order valence-corrected chi connectivity index (χ0v) is 20.1. The molecule has 2 aromatic heterocycles. The van der Waals surface area contributed by atoms with Crippen molar-refractivity contribution in [3.63, 3.8) is 0 Å². The summed E-state index contributed by atoms with van der Waals surface area (Å²) in [5.74, 6) is -0.612. The quantitative estimate of drug-likeness (QED) is 0.229. The van der Waals surface area contributed by atoms with Crippen LogP contribution in [0.1, 0.15) is 62.9 Å².